The predicted octanol–water partition coefficient (Wildman–Crippen LogP) is -0.886. The van der Waals surface area contributed by atoms with E-state index in [-0.39, 0.29) is 0 Å². The van der Waals surface area contributed by atoms with Crippen LogP contribution in [-0.4, -0.2) is 61.9 Å². The smallest absolute Gasteiger partial charge is 0.351 e. The molecule has 0 bridgehead atoms. The summed E-state index contributed by atoms with van der Waals surface area (Å²) in [6.45, 7) is 2.22. The topological polar surface area (TPSA) is 139 Å². The summed E-state index contributed by atoms with van der Waals surface area (Å²) < 4.78 is 18.2. The molecule has 0 aromatic rings. The molecule has 0 N–H and O–H groups in total. The molecule has 0 aliphatic rings. The van der Waals surface area contributed by atoms with Crippen LogP contribution in [0.25, 0.3) is 0 Å². The molecule has 0 amide bonds. The van der Waals surface area contributed by atoms with E-state index in [2.05, 4.69) is 9.47 Å². The maximum Gasteiger partial charge on any atom is 0.351 e. The van der Waals surface area contributed by atoms with Crippen molar-refractivity contribution in [3.8, 4) is 0 Å². The third-order valence-corrected chi connectivity index (χ3v) is 2.45. The number of methoxy groups -OCH3 is 2. The van der Waals surface area contributed by atoms with Gasteiger partial charge in [-0.15, -0.1) is 0 Å². The van der Waals surface area contributed by atoms with Crippen LogP contribution in [0.15, 0.2) is 0 Å². The lowest BCUT2D eigenvalue weighted by atomic mass is 10.2. The molecule has 0 aromatic heterocycles. The fourth-order valence-electron chi connectivity index (χ4n) is 1.47. The van der Waals surface area contributed by atoms with Crippen molar-refractivity contribution < 1.29 is 47.7 Å². The summed E-state index contributed by atoms with van der Waals surface area (Å²) in [6.07, 6.45) is -5.29. The lowest BCUT2D eigenvalue weighted by molar-refractivity contribution is -0.190. The molecule has 0 unspecified atom stereocenters. The van der Waals surface area contributed by atoms with E-state index in [0.29, 0.717) is 0 Å². The first-order valence-corrected chi connectivity index (χ1v) is 6.65. The van der Waals surface area contributed by atoms with E-state index in [0.717, 1.165) is 28.1 Å². The zero-order valence-electron chi connectivity index (χ0n) is 13.7. The number of hydrogen-bond donors (Lipinski definition) is 0. The van der Waals surface area contributed by atoms with E-state index in [1.54, 1.807) is 0 Å². The van der Waals surface area contributed by atoms with Gasteiger partial charge in [-0.05, 0) is 13.8 Å². The lowest BCUT2D eigenvalue weighted by Crippen LogP contribution is -2.47. The number of carbonyl (C=O) groups is 6. The molecule has 0 aliphatic heterocycles. The van der Waals surface area contributed by atoms with E-state index in [1.165, 1.54) is 0 Å². The van der Waals surface area contributed by atoms with Crippen molar-refractivity contribution in [2.75, 3.05) is 14.2 Å². The molecule has 134 valence electrons. The van der Waals surface area contributed by atoms with Crippen LogP contribution in [0.5, 0.6) is 0 Å². The second-order valence-corrected chi connectivity index (χ2v) is 4.62. The zero-order valence-corrected chi connectivity index (χ0v) is 13.7. The van der Waals surface area contributed by atoms with Gasteiger partial charge in [0.25, 0.3) is 0 Å². The first-order valence-electron chi connectivity index (χ1n) is 6.65. The van der Waals surface area contributed by atoms with Gasteiger partial charge < -0.3 is 18.9 Å². The third kappa shape index (κ3) is 7.47. The Morgan fingerprint density at radius 1 is 0.667 bits per heavy atom. The third-order valence-electron chi connectivity index (χ3n) is 2.45. The molecule has 0 fully saturated rings. The first-order chi connectivity index (χ1) is 11.1. The van der Waals surface area contributed by atoms with Crippen LogP contribution in [0.3, 0.4) is 0 Å². The minimum atomic E-state index is -1.98. The highest BCUT2D eigenvalue weighted by Crippen LogP contribution is 2.12. The Morgan fingerprint density at radius 2 is 0.958 bits per heavy atom. The molecule has 0 radical (unpaired) electrons. The van der Waals surface area contributed by atoms with Gasteiger partial charge in [0, 0.05) is 0 Å². The summed E-state index contributed by atoms with van der Waals surface area (Å²) in [4.78, 5) is 68.4. The summed E-state index contributed by atoms with van der Waals surface area (Å²) >= 11 is 0. The molecule has 0 spiro atoms. The molecule has 24 heavy (non-hydrogen) atoms. The molecule has 0 aromatic carbocycles. The maximum atomic E-state index is 11.7. The minimum absolute atomic E-state index is 0.549. The van der Waals surface area contributed by atoms with Crippen molar-refractivity contribution in [1.82, 2.24) is 0 Å². The monoisotopic (exact) mass is 346 g/mol. The molecule has 2 atom stereocenters. The van der Waals surface area contributed by atoms with Gasteiger partial charge in [0.2, 0.25) is 12.2 Å². The Morgan fingerprint density at radius 3 is 1.17 bits per heavy atom. The van der Waals surface area contributed by atoms with Crippen LogP contribution in [0.4, 0.5) is 0 Å². The van der Waals surface area contributed by atoms with Gasteiger partial charge >= 0.3 is 23.9 Å². The Hall–Kier alpha value is -2.78. The number of carbonyl (C=O) groups excluding carboxylic acids is 6. The van der Waals surface area contributed by atoms with Crippen LogP contribution in [-0.2, 0) is 47.7 Å². The van der Waals surface area contributed by atoms with Crippen molar-refractivity contribution in [3.63, 3.8) is 0 Å². The highest BCUT2D eigenvalue weighted by Gasteiger charge is 2.42. The van der Waals surface area contributed by atoms with Crippen LogP contribution in [0.1, 0.15) is 26.7 Å². The van der Waals surface area contributed by atoms with Crippen molar-refractivity contribution >= 4 is 35.4 Å². The minimum Gasteiger partial charge on any atom is -0.466 e. The number of rotatable bonds is 9. The summed E-state index contributed by atoms with van der Waals surface area (Å²) in [5, 5.41) is 0. The van der Waals surface area contributed by atoms with Gasteiger partial charge in [-0.2, -0.15) is 0 Å². The number of Topliss-reactive ketones (excluding diaryl/α,β-unsaturated/α-hetero) is 2. The van der Waals surface area contributed by atoms with Gasteiger partial charge in [0.15, 0.2) is 0 Å². The van der Waals surface area contributed by atoms with E-state index in [4.69, 9.17) is 9.47 Å². The number of esters is 4. The summed E-state index contributed by atoms with van der Waals surface area (Å²) in [5.74, 6) is -5.78. The van der Waals surface area contributed by atoms with Crippen LogP contribution in [0, 0.1) is 0 Å². The largest absolute Gasteiger partial charge is 0.466 e. The molecular weight excluding hydrogens is 328 g/mol. The van der Waals surface area contributed by atoms with Crippen LogP contribution in [0.2, 0.25) is 0 Å². The Kier molecular flexibility index (Phi) is 8.91. The maximum absolute atomic E-state index is 11.7. The van der Waals surface area contributed by atoms with E-state index in [9.17, 15) is 28.8 Å². The standard InChI is InChI=1S/C14H18O10/c1-7(15)5-9(17)23-11(13(19)21-3)12(14(20)22-4)24-10(18)6-8(2)16/h11-12H,5-6H2,1-4H3/t11-,12-/m1/s1. The average Bonchev–Trinajstić information content (AvgIpc) is 2.47. The van der Waals surface area contributed by atoms with Crippen LogP contribution < -0.4 is 0 Å². The van der Waals surface area contributed by atoms with E-state index >= 15 is 0 Å². The molecule has 0 heterocycles. The molecule has 10 heteroatoms. The lowest BCUT2D eigenvalue weighted by Gasteiger charge is -2.23. The number of ketones is 2. The number of ether oxygens (including phenoxy) is 4. The highest BCUT2D eigenvalue weighted by atomic mass is 16.6. The van der Waals surface area contributed by atoms with Gasteiger partial charge in [-0.3, -0.25) is 19.2 Å². The van der Waals surface area contributed by atoms with Gasteiger partial charge in [0.1, 0.15) is 24.4 Å². The van der Waals surface area contributed by atoms with Crippen molar-refractivity contribution in [2.24, 2.45) is 0 Å². The van der Waals surface area contributed by atoms with E-state index in [1.807, 2.05) is 0 Å². The molecule has 0 rings (SSSR count). The molecule has 0 aliphatic carbocycles. The zero-order chi connectivity index (χ0) is 18.9. The average molecular weight is 346 g/mol. The molecule has 0 saturated heterocycles. The summed E-state index contributed by atoms with van der Waals surface area (Å²) in [7, 11) is 1.89. The van der Waals surface area contributed by atoms with Gasteiger partial charge in [-0.1, -0.05) is 0 Å². The van der Waals surface area contributed by atoms with Crippen LogP contribution >= 0.6 is 0 Å². The Bertz CT molecular complexity index is 488. The van der Waals surface area contributed by atoms with Gasteiger partial charge in [0.05, 0.1) is 14.2 Å². The second kappa shape index (κ2) is 10.1. The normalized spacial score (nSPS) is 12.3. The quantitative estimate of drug-likeness (QED) is 0.293. The Labute approximate surface area is 137 Å². The van der Waals surface area contributed by atoms with Crippen molar-refractivity contribution in [2.45, 2.75) is 38.9 Å². The van der Waals surface area contributed by atoms with E-state index < -0.39 is 60.5 Å². The fourth-order valence-corrected chi connectivity index (χ4v) is 1.47. The predicted molar refractivity (Wildman–Crippen MR) is 74.4 cm³/mol. The summed E-state index contributed by atoms with van der Waals surface area (Å²) in [6, 6.07) is 0. The SMILES string of the molecule is COC(=O)[C@H](OC(=O)CC(C)=O)[C@@H](OC(=O)CC(C)=O)C(=O)OC. The molecular formula is C14H18O10. The van der Waals surface area contributed by atoms with Crippen molar-refractivity contribution in [3.05, 3.63) is 0 Å². The fraction of sp³-hybridized carbons (Fsp3) is 0.571. The molecule has 10 nitrogen and oxygen atoms in total. The molecule has 0 saturated carbocycles. The first kappa shape index (κ1) is 21.2. The van der Waals surface area contributed by atoms with Gasteiger partial charge in [-0.25, -0.2) is 9.59 Å². The second-order valence-electron chi connectivity index (χ2n) is 4.62. The summed E-state index contributed by atoms with van der Waals surface area (Å²) in [5.41, 5.74) is 0. The Balaban J connectivity index is 5.41. The highest BCUT2D eigenvalue weighted by molar-refractivity contribution is 5.97. The number of hydrogen-bond acceptors (Lipinski definition) is 10. The van der Waals surface area contributed by atoms with Crippen molar-refractivity contribution in [1.29, 1.82) is 0 Å².